The molecule has 0 saturated carbocycles. The Kier molecular flexibility index (Phi) is 6.05. The number of fused-ring (bicyclic) bond motifs is 1. The van der Waals surface area contributed by atoms with Gasteiger partial charge in [-0.05, 0) is 39.9 Å². The molecule has 3 heterocycles. The zero-order valence-electron chi connectivity index (χ0n) is 10.2. The molecular formula is C12H16BrCl2N3O. The smallest absolute Gasteiger partial charge is 0.272 e. The first kappa shape index (κ1) is 16.7. The summed E-state index contributed by atoms with van der Waals surface area (Å²) < 4.78 is 0.900. The first-order chi connectivity index (χ1) is 8.24. The minimum atomic E-state index is 0. The van der Waals surface area contributed by atoms with Gasteiger partial charge in [-0.15, -0.1) is 24.8 Å². The van der Waals surface area contributed by atoms with Crippen LogP contribution in [0.25, 0.3) is 0 Å². The second kappa shape index (κ2) is 6.88. The minimum Gasteiger partial charge on any atom is -0.337 e. The summed E-state index contributed by atoms with van der Waals surface area (Å²) in [5.74, 6) is 1.33. The second-order valence-electron chi connectivity index (χ2n) is 4.75. The average Bonchev–Trinajstić information content (AvgIpc) is 2.89. The molecule has 0 aromatic carbocycles. The molecule has 0 aliphatic carbocycles. The molecular weight excluding hydrogens is 353 g/mol. The summed E-state index contributed by atoms with van der Waals surface area (Å²) in [6.07, 6.45) is 1.67. The predicted octanol–water partition coefficient (Wildman–Crippen LogP) is 1.98. The molecule has 0 spiro atoms. The van der Waals surface area contributed by atoms with E-state index in [-0.39, 0.29) is 30.7 Å². The van der Waals surface area contributed by atoms with Crippen LogP contribution in [0.2, 0.25) is 0 Å². The molecule has 1 aromatic rings. The number of nitrogens with one attached hydrogen (secondary N) is 1. The lowest BCUT2D eigenvalue weighted by Gasteiger charge is -2.16. The summed E-state index contributed by atoms with van der Waals surface area (Å²) in [4.78, 5) is 18.3. The van der Waals surface area contributed by atoms with E-state index < -0.39 is 0 Å². The molecule has 2 aliphatic heterocycles. The van der Waals surface area contributed by atoms with Crippen molar-refractivity contribution in [1.29, 1.82) is 0 Å². The number of aromatic nitrogens is 1. The SMILES string of the molecule is Cl.Cl.O=C(c1ccc(Br)cn1)N1C[C@H]2CNC[C@H]2C1. The van der Waals surface area contributed by atoms with Crippen molar-refractivity contribution >= 4 is 46.7 Å². The highest BCUT2D eigenvalue weighted by atomic mass is 79.9. The van der Waals surface area contributed by atoms with E-state index in [9.17, 15) is 4.79 Å². The highest BCUT2D eigenvalue weighted by Crippen LogP contribution is 2.27. The molecule has 1 amide bonds. The highest BCUT2D eigenvalue weighted by Gasteiger charge is 2.38. The van der Waals surface area contributed by atoms with Gasteiger partial charge in [0.25, 0.3) is 5.91 Å². The zero-order valence-corrected chi connectivity index (χ0v) is 13.4. The van der Waals surface area contributed by atoms with Gasteiger partial charge in [-0.3, -0.25) is 4.79 Å². The van der Waals surface area contributed by atoms with E-state index in [1.54, 1.807) is 12.3 Å². The van der Waals surface area contributed by atoms with Gasteiger partial charge < -0.3 is 10.2 Å². The van der Waals surface area contributed by atoms with Gasteiger partial charge in [-0.25, -0.2) is 4.98 Å². The van der Waals surface area contributed by atoms with Crippen molar-refractivity contribution in [3.63, 3.8) is 0 Å². The van der Waals surface area contributed by atoms with E-state index in [2.05, 4.69) is 26.2 Å². The number of halogens is 3. The molecule has 0 unspecified atom stereocenters. The number of hydrogen-bond acceptors (Lipinski definition) is 3. The number of carbonyl (C=O) groups is 1. The third-order valence-corrected chi connectivity index (χ3v) is 4.09. The molecule has 0 bridgehead atoms. The lowest BCUT2D eigenvalue weighted by Crippen LogP contribution is -2.32. The molecule has 4 nitrogen and oxygen atoms in total. The molecule has 1 N–H and O–H groups in total. The van der Waals surface area contributed by atoms with Crippen LogP contribution in [0.4, 0.5) is 0 Å². The second-order valence-corrected chi connectivity index (χ2v) is 5.67. The molecule has 2 saturated heterocycles. The van der Waals surface area contributed by atoms with Crippen LogP contribution in [-0.2, 0) is 0 Å². The summed E-state index contributed by atoms with van der Waals surface area (Å²) >= 11 is 3.32. The first-order valence-corrected chi connectivity index (χ1v) is 6.65. The van der Waals surface area contributed by atoms with Crippen molar-refractivity contribution in [1.82, 2.24) is 15.2 Å². The van der Waals surface area contributed by atoms with Gasteiger partial charge in [0.15, 0.2) is 0 Å². The number of nitrogens with zero attached hydrogens (tertiary/aromatic N) is 2. The maximum atomic E-state index is 12.2. The topological polar surface area (TPSA) is 45.2 Å². The Labute approximate surface area is 133 Å². The molecule has 106 valence electrons. The van der Waals surface area contributed by atoms with Gasteiger partial charge in [-0.2, -0.15) is 0 Å². The Morgan fingerprint density at radius 3 is 2.42 bits per heavy atom. The van der Waals surface area contributed by atoms with Crippen LogP contribution < -0.4 is 5.32 Å². The first-order valence-electron chi connectivity index (χ1n) is 5.85. The van der Waals surface area contributed by atoms with Gasteiger partial charge in [0, 0.05) is 36.8 Å². The number of rotatable bonds is 1. The molecule has 7 heteroatoms. The molecule has 3 rings (SSSR count). The fourth-order valence-corrected chi connectivity index (χ4v) is 2.92. The van der Waals surface area contributed by atoms with Crippen LogP contribution >= 0.6 is 40.7 Å². The number of pyridine rings is 1. The Hall–Kier alpha value is -0.360. The predicted molar refractivity (Wildman–Crippen MR) is 82.2 cm³/mol. The van der Waals surface area contributed by atoms with E-state index in [0.29, 0.717) is 17.5 Å². The van der Waals surface area contributed by atoms with Gasteiger partial charge >= 0.3 is 0 Å². The quantitative estimate of drug-likeness (QED) is 0.824. The van der Waals surface area contributed by atoms with Gasteiger partial charge in [0.05, 0.1) is 0 Å². The summed E-state index contributed by atoms with van der Waals surface area (Å²) in [5, 5.41) is 3.37. The molecule has 2 fully saturated rings. The highest BCUT2D eigenvalue weighted by molar-refractivity contribution is 9.10. The number of hydrogen-bond donors (Lipinski definition) is 1. The normalized spacial score (nSPS) is 24.4. The van der Waals surface area contributed by atoms with Crippen molar-refractivity contribution in [2.24, 2.45) is 11.8 Å². The van der Waals surface area contributed by atoms with Gasteiger partial charge in [0.2, 0.25) is 0 Å². The van der Waals surface area contributed by atoms with Crippen LogP contribution in [0.3, 0.4) is 0 Å². The zero-order chi connectivity index (χ0) is 11.8. The van der Waals surface area contributed by atoms with E-state index >= 15 is 0 Å². The molecule has 2 aliphatic rings. The van der Waals surface area contributed by atoms with Crippen molar-refractivity contribution in [2.75, 3.05) is 26.2 Å². The monoisotopic (exact) mass is 367 g/mol. The van der Waals surface area contributed by atoms with E-state index in [4.69, 9.17) is 0 Å². The van der Waals surface area contributed by atoms with Crippen LogP contribution in [0.1, 0.15) is 10.5 Å². The lowest BCUT2D eigenvalue weighted by molar-refractivity contribution is 0.0776. The van der Waals surface area contributed by atoms with Crippen LogP contribution in [-0.4, -0.2) is 42.0 Å². The molecule has 1 aromatic heterocycles. The fourth-order valence-electron chi connectivity index (χ4n) is 2.69. The summed E-state index contributed by atoms with van der Waals surface area (Å²) in [6.45, 7) is 3.83. The number of carbonyl (C=O) groups excluding carboxylic acids is 1. The Bertz CT molecular complexity index is 431. The van der Waals surface area contributed by atoms with Crippen LogP contribution in [0, 0.1) is 11.8 Å². The molecule has 0 radical (unpaired) electrons. The third-order valence-electron chi connectivity index (χ3n) is 3.62. The third kappa shape index (κ3) is 3.40. The fraction of sp³-hybridized carbons (Fsp3) is 0.500. The van der Waals surface area contributed by atoms with Gasteiger partial charge in [-0.1, -0.05) is 0 Å². The molecule has 2 atom stereocenters. The summed E-state index contributed by atoms with van der Waals surface area (Å²) in [5.41, 5.74) is 0.543. The number of amides is 1. The number of likely N-dealkylation sites (tertiary alicyclic amines) is 1. The van der Waals surface area contributed by atoms with Crippen molar-refractivity contribution in [2.45, 2.75) is 0 Å². The van der Waals surface area contributed by atoms with E-state index in [1.165, 1.54) is 0 Å². The summed E-state index contributed by atoms with van der Waals surface area (Å²) in [6, 6.07) is 3.64. The van der Waals surface area contributed by atoms with Crippen molar-refractivity contribution < 1.29 is 4.79 Å². The minimum absolute atomic E-state index is 0. The van der Waals surface area contributed by atoms with E-state index in [1.807, 2.05) is 11.0 Å². The largest absolute Gasteiger partial charge is 0.337 e. The summed E-state index contributed by atoms with van der Waals surface area (Å²) in [7, 11) is 0. The maximum absolute atomic E-state index is 12.2. The van der Waals surface area contributed by atoms with Crippen molar-refractivity contribution in [3.8, 4) is 0 Å². The standard InChI is InChI=1S/C12H14BrN3O.2ClH/c13-10-1-2-11(15-5-10)12(17)16-6-8-3-14-4-9(8)7-16;;/h1-2,5,8-9,14H,3-4,6-7H2;2*1H/t8-,9+;;. The van der Waals surface area contributed by atoms with Crippen molar-refractivity contribution in [3.05, 3.63) is 28.5 Å². The Morgan fingerprint density at radius 1 is 1.26 bits per heavy atom. The Balaban J connectivity index is 0.000000902. The van der Waals surface area contributed by atoms with Gasteiger partial charge in [0.1, 0.15) is 5.69 Å². The van der Waals surface area contributed by atoms with Crippen LogP contribution in [0.15, 0.2) is 22.8 Å². The lowest BCUT2D eigenvalue weighted by atomic mass is 10.0. The molecule has 19 heavy (non-hydrogen) atoms. The van der Waals surface area contributed by atoms with Crippen LogP contribution in [0.5, 0.6) is 0 Å². The Morgan fingerprint density at radius 2 is 1.89 bits per heavy atom. The maximum Gasteiger partial charge on any atom is 0.272 e. The van der Waals surface area contributed by atoms with E-state index in [0.717, 1.165) is 30.7 Å². The average molecular weight is 369 g/mol.